The Balaban J connectivity index is 3.39. The first-order chi connectivity index (χ1) is 6.35. The van der Waals surface area contributed by atoms with E-state index in [1.54, 1.807) is 13.0 Å². The van der Waals surface area contributed by atoms with Gasteiger partial charge in [0, 0.05) is 6.07 Å². The smallest absolute Gasteiger partial charge is 0.331 e. The van der Waals surface area contributed by atoms with Crippen LogP contribution in [0.3, 0.4) is 0 Å². The Morgan fingerprint density at radius 1 is 1.50 bits per heavy atom. The van der Waals surface area contributed by atoms with E-state index in [2.05, 4.69) is 5.10 Å². The fourth-order valence-electron chi connectivity index (χ4n) is 0.994. The van der Waals surface area contributed by atoms with Gasteiger partial charge >= 0.3 is 5.97 Å². The Morgan fingerprint density at radius 3 is 2.57 bits per heavy atom. The van der Waals surface area contributed by atoms with Crippen molar-refractivity contribution < 1.29 is 9.90 Å². The normalized spacial score (nSPS) is 11.4. The van der Waals surface area contributed by atoms with Gasteiger partial charge in [-0.25, -0.2) is 9.48 Å². The molecule has 5 heteroatoms. The molecule has 0 unspecified atom stereocenters. The highest BCUT2D eigenvalue weighted by Gasteiger charge is 2.31. The third-order valence-corrected chi connectivity index (χ3v) is 1.99. The van der Waals surface area contributed by atoms with Gasteiger partial charge in [-0.2, -0.15) is 5.10 Å². The highest BCUT2D eigenvalue weighted by molar-refractivity contribution is 5.75. The van der Waals surface area contributed by atoms with Crippen molar-refractivity contribution >= 4 is 5.97 Å². The number of aromatic nitrogens is 2. The van der Waals surface area contributed by atoms with Crippen molar-refractivity contribution in [3.05, 3.63) is 28.2 Å². The minimum absolute atomic E-state index is 0.414. The molecule has 0 aromatic carbocycles. The predicted octanol–water partition coefficient (Wildman–Crippen LogP) is 0.371. The van der Waals surface area contributed by atoms with E-state index in [0.29, 0.717) is 5.69 Å². The monoisotopic (exact) mass is 196 g/mol. The van der Waals surface area contributed by atoms with E-state index in [1.165, 1.54) is 19.9 Å². The molecule has 0 saturated heterocycles. The van der Waals surface area contributed by atoms with Crippen molar-refractivity contribution in [2.45, 2.75) is 26.3 Å². The van der Waals surface area contributed by atoms with E-state index in [0.717, 1.165) is 4.68 Å². The van der Waals surface area contributed by atoms with Crippen LogP contribution >= 0.6 is 0 Å². The molecule has 0 amide bonds. The van der Waals surface area contributed by atoms with Gasteiger partial charge in [-0.15, -0.1) is 0 Å². The molecule has 5 nitrogen and oxygen atoms in total. The first-order valence-electron chi connectivity index (χ1n) is 4.16. The number of carbonyl (C=O) groups is 1. The first kappa shape index (κ1) is 10.4. The number of rotatable bonds is 2. The molecule has 0 aliphatic rings. The van der Waals surface area contributed by atoms with Crippen LogP contribution in [0.1, 0.15) is 19.5 Å². The number of aryl methyl sites for hydroxylation is 1. The van der Waals surface area contributed by atoms with Crippen molar-refractivity contribution in [1.29, 1.82) is 0 Å². The zero-order valence-electron chi connectivity index (χ0n) is 8.31. The summed E-state index contributed by atoms with van der Waals surface area (Å²) in [5, 5.41) is 12.8. The zero-order valence-corrected chi connectivity index (χ0v) is 8.31. The molecule has 0 aliphatic heterocycles. The molecule has 0 aliphatic carbocycles. The van der Waals surface area contributed by atoms with Crippen LogP contribution in [0.25, 0.3) is 0 Å². The summed E-state index contributed by atoms with van der Waals surface area (Å²) in [5.74, 6) is -1.09. The van der Waals surface area contributed by atoms with Gasteiger partial charge in [0.1, 0.15) is 0 Å². The molecular weight excluding hydrogens is 184 g/mol. The molecule has 0 atom stereocenters. The number of carboxylic acids is 1. The maximum atomic E-state index is 11.4. The minimum atomic E-state index is -1.32. The van der Waals surface area contributed by atoms with Gasteiger partial charge in [0.25, 0.3) is 5.56 Å². The van der Waals surface area contributed by atoms with Crippen LogP contribution in [0.15, 0.2) is 16.9 Å². The molecule has 0 radical (unpaired) electrons. The third-order valence-electron chi connectivity index (χ3n) is 1.99. The van der Waals surface area contributed by atoms with E-state index in [4.69, 9.17) is 5.11 Å². The van der Waals surface area contributed by atoms with Gasteiger partial charge in [0.15, 0.2) is 5.54 Å². The van der Waals surface area contributed by atoms with E-state index in [1.807, 2.05) is 0 Å². The van der Waals surface area contributed by atoms with Gasteiger partial charge in [-0.1, -0.05) is 0 Å². The third kappa shape index (κ3) is 1.66. The molecule has 76 valence electrons. The average molecular weight is 196 g/mol. The van der Waals surface area contributed by atoms with Gasteiger partial charge in [-0.05, 0) is 26.8 Å². The molecule has 0 bridgehead atoms. The summed E-state index contributed by atoms with van der Waals surface area (Å²) in [6.07, 6.45) is 0. The van der Waals surface area contributed by atoms with Crippen molar-refractivity contribution in [3.63, 3.8) is 0 Å². The lowest BCUT2D eigenvalue weighted by atomic mass is 10.1. The van der Waals surface area contributed by atoms with Crippen LogP contribution in [0.2, 0.25) is 0 Å². The highest BCUT2D eigenvalue weighted by atomic mass is 16.4. The van der Waals surface area contributed by atoms with Crippen LogP contribution in [0.5, 0.6) is 0 Å². The number of hydrogen-bond acceptors (Lipinski definition) is 3. The van der Waals surface area contributed by atoms with E-state index in [-0.39, 0.29) is 0 Å². The molecule has 0 spiro atoms. The molecule has 1 rings (SSSR count). The topological polar surface area (TPSA) is 72.2 Å². The van der Waals surface area contributed by atoms with Gasteiger partial charge in [-0.3, -0.25) is 4.79 Å². The summed E-state index contributed by atoms with van der Waals surface area (Å²) in [6, 6.07) is 2.86. The Bertz CT molecular complexity index is 420. The molecule has 1 N–H and O–H groups in total. The molecule has 1 heterocycles. The highest BCUT2D eigenvalue weighted by Crippen LogP contribution is 2.10. The lowest BCUT2D eigenvalue weighted by Crippen LogP contribution is -2.44. The van der Waals surface area contributed by atoms with Crippen molar-refractivity contribution in [3.8, 4) is 0 Å². The summed E-state index contributed by atoms with van der Waals surface area (Å²) in [5.41, 5.74) is -1.12. The second kappa shape index (κ2) is 3.25. The molecular formula is C9H12N2O3. The van der Waals surface area contributed by atoms with Crippen molar-refractivity contribution in [2.24, 2.45) is 0 Å². The Hall–Kier alpha value is -1.65. The number of nitrogens with zero attached hydrogens (tertiary/aromatic N) is 2. The standard InChI is InChI=1S/C9H12N2O3/c1-6-4-5-7(12)11(10-6)9(2,3)8(13)14/h4-5H,1-3H3,(H,13,14). The lowest BCUT2D eigenvalue weighted by Gasteiger charge is -2.20. The Labute approximate surface area is 81.0 Å². The predicted molar refractivity (Wildman–Crippen MR) is 50.2 cm³/mol. The summed E-state index contributed by atoms with van der Waals surface area (Å²) < 4.78 is 0.977. The number of hydrogen-bond donors (Lipinski definition) is 1. The second-order valence-corrected chi connectivity index (χ2v) is 3.59. The van der Waals surface area contributed by atoms with Crippen molar-refractivity contribution in [2.75, 3.05) is 0 Å². The molecule has 0 saturated carbocycles. The quantitative estimate of drug-likeness (QED) is 0.741. The minimum Gasteiger partial charge on any atom is -0.479 e. The van der Waals surface area contributed by atoms with Gasteiger partial charge < -0.3 is 5.11 Å². The van der Waals surface area contributed by atoms with Crippen LogP contribution in [0, 0.1) is 6.92 Å². The average Bonchev–Trinajstić information content (AvgIpc) is 2.08. The largest absolute Gasteiger partial charge is 0.479 e. The molecule has 0 fully saturated rings. The maximum Gasteiger partial charge on any atom is 0.331 e. The van der Waals surface area contributed by atoms with Crippen LogP contribution in [0.4, 0.5) is 0 Å². The van der Waals surface area contributed by atoms with Crippen LogP contribution in [-0.4, -0.2) is 20.9 Å². The summed E-state index contributed by atoms with van der Waals surface area (Å²) in [4.78, 5) is 22.2. The van der Waals surface area contributed by atoms with Crippen LogP contribution < -0.4 is 5.56 Å². The summed E-state index contributed by atoms with van der Waals surface area (Å²) in [7, 11) is 0. The van der Waals surface area contributed by atoms with Crippen LogP contribution in [-0.2, 0) is 10.3 Å². The van der Waals surface area contributed by atoms with E-state index >= 15 is 0 Å². The SMILES string of the molecule is Cc1ccc(=O)n(C(C)(C)C(=O)O)n1. The van der Waals surface area contributed by atoms with E-state index < -0.39 is 17.1 Å². The molecule has 1 aromatic rings. The van der Waals surface area contributed by atoms with Gasteiger partial charge in [0.2, 0.25) is 0 Å². The number of aliphatic carboxylic acids is 1. The summed E-state index contributed by atoms with van der Waals surface area (Å²) >= 11 is 0. The summed E-state index contributed by atoms with van der Waals surface area (Å²) in [6.45, 7) is 4.57. The van der Waals surface area contributed by atoms with Gasteiger partial charge in [0.05, 0.1) is 5.69 Å². The lowest BCUT2D eigenvalue weighted by molar-refractivity contribution is -0.146. The first-order valence-corrected chi connectivity index (χ1v) is 4.16. The number of carboxylic acid groups (broad SMARTS) is 1. The molecule has 1 aromatic heterocycles. The fourth-order valence-corrected chi connectivity index (χ4v) is 0.994. The maximum absolute atomic E-state index is 11.4. The Morgan fingerprint density at radius 2 is 2.07 bits per heavy atom. The Kier molecular flexibility index (Phi) is 2.42. The van der Waals surface area contributed by atoms with E-state index in [9.17, 15) is 9.59 Å². The van der Waals surface area contributed by atoms with Crippen molar-refractivity contribution in [1.82, 2.24) is 9.78 Å². The second-order valence-electron chi connectivity index (χ2n) is 3.59. The fraction of sp³-hybridized carbons (Fsp3) is 0.444. The zero-order chi connectivity index (χ0) is 10.9. The molecule has 14 heavy (non-hydrogen) atoms.